The number of ether oxygens (including phenoxy) is 1. The highest BCUT2D eigenvalue weighted by Crippen LogP contribution is 2.10. The van der Waals surface area contributed by atoms with Gasteiger partial charge in [0.05, 0.1) is 24.9 Å². The number of carbonyl (C=O) groups is 1. The minimum absolute atomic E-state index is 0.0565. The molecule has 1 aromatic rings. The minimum Gasteiger partial charge on any atom is -0.373 e. The van der Waals surface area contributed by atoms with Gasteiger partial charge in [0.2, 0.25) is 0 Å². The second-order valence-electron chi connectivity index (χ2n) is 3.82. The predicted octanol–water partition coefficient (Wildman–Crippen LogP) is 0.500. The van der Waals surface area contributed by atoms with Gasteiger partial charge in [0.25, 0.3) is 5.91 Å². The molecule has 0 radical (unpaired) electrons. The first-order valence-electron chi connectivity index (χ1n) is 5.15. The third-order valence-corrected chi connectivity index (χ3v) is 2.87. The summed E-state index contributed by atoms with van der Waals surface area (Å²) < 4.78 is 7.15. The maximum Gasteiger partial charge on any atom is 0.274 e. The second-order valence-corrected chi connectivity index (χ2v) is 4.13. The summed E-state index contributed by atoms with van der Waals surface area (Å²) in [4.78, 5) is 17.8. The fourth-order valence-corrected chi connectivity index (χ4v) is 1.87. The topological polar surface area (TPSA) is 47.4 Å². The summed E-state index contributed by atoms with van der Waals surface area (Å²) in [5, 5.41) is 0. The van der Waals surface area contributed by atoms with E-state index < -0.39 is 0 Å². The predicted molar refractivity (Wildman–Crippen MR) is 59.6 cm³/mol. The molecule has 88 valence electrons. The molecule has 1 aliphatic rings. The largest absolute Gasteiger partial charge is 0.373 e. The van der Waals surface area contributed by atoms with Gasteiger partial charge in [-0.05, 0) is 0 Å². The monoisotopic (exact) mass is 243 g/mol. The number of morpholine rings is 1. The molecule has 5 nitrogen and oxygen atoms in total. The van der Waals surface area contributed by atoms with E-state index in [2.05, 4.69) is 4.98 Å². The Hall–Kier alpha value is -1.07. The summed E-state index contributed by atoms with van der Waals surface area (Å²) in [6.07, 6.45) is 3.27. The molecule has 1 fully saturated rings. The van der Waals surface area contributed by atoms with Crippen molar-refractivity contribution >= 4 is 17.5 Å². The van der Waals surface area contributed by atoms with Gasteiger partial charge < -0.3 is 14.2 Å². The highest BCUT2D eigenvalue weighted by molar-refractivity contribution is 6.18. The van der Waals surface area contributed by atoms with E-state index in [9.17, 15) is 4.79 Å². The van der Waals surface area contributed by atoms with E-state index in [1.807, 2.05) is 7.05 Å². The Labute approximate surface area is 99.0 Å². The van der Waals surface area contributed by atoms with E-state index in [0.717, 1.165) is 0 Å². The van der Waals surface area contributed by atoms with Gasteiger partial charge in [-0.3, -0.25) is 4.79 Å². The summed E-state index contributed by atoms with van der Waals surface area (Å²) in [6.45, 7) is 1.68. The zero-order valence-corrected chi connectivity index (χ0v) is 9.85. The molecule has 2 heterocycles. The van der Waals surface area contributed by atoms with Gasteiger partial charge in [0.1, 0.15) is 5.69 Å². The summed E-state index contributed by atoms with van der Waals surface area (Å²) in [5.74, 6) is 0.352. The number of aromatic nitrogens is 2. The molecular formula is C10H14ClN3O2. The maximum atomic E-state index is 12.0. The molecule has 6 heteroatoms. The first-order valence-corrected chi connectivity index (χ1v) is 5.69. The third kappa shape index (κ3) is 2.36. The van der Waals surface area contributed by atoms with Crippen LogP contribution in [0.25, 0.3) is 0 Å². The molecule has 0 aliphatic carbocycles. The Morgan fingerprint density at radius 2 is 2.56 bits per heavy atom. The van der Waals surface area contributed by atoms with Crippen LogP contribution >= 0.6 is 11.6 Å². The number of hydrogen-bond donors (Lipinski definition) is 0. The van der Waals surface area contributed by atoms with Gasteiger partial charge in [-0.1, -0.05) is 0 Å². The van der Waals surface area contributed by atoms with Crippen molar-refractivity contribution in [2.75, 3.05) is 25.6 Å². The fourth-order valence-electron chi connectivity index (χ4n) is 1.68. The Balaban J connectivity index is 2.04. The van der Waals surface area contributed by atoms with Crippen LogP contribution in [0.1, 0.15) is 10.5 Å². The highest BCUT2D eigenvalue weighted by Gasteiger charge is 2.25. The van der Waals surface area contributed by atoms with Crippen molar-refractivity contribution in [3.8, 4) is 0 Å². The molecule has 1 unspecified atom stereocenters. The van der Waals surface area contributed by atoms with Crippen molar-refractivity contribution in [1.29, 1.82) is 0 Å². The number of halogens is 1. The summed E-state index contributed by atoms with van der Waals surface area (Å²) in [7, 11) is 1.84. The van der Waals surface area contributed by atoms with Crippen molar-refractivity contribution in [2.45, 2.75) is 6.10 Å². The lowest BCUT2D eigenvalue weighted by Crippen LogP contribution is -2.46. The lowest BCUT2D eigenvalue weighted by atomic mass is 10.2. The van der Waals surface area contributed by atoms with E-state index in [-0.39, 0.29) is 12.0 Å². The van der Waals surface area contributed by atoms with Crippen LogP contribution in [-0.2, 0) is 11.8 Å². The number of nitrogens with zero attached hydrogens (tertiary/aromatic N) is 3. The zero-order valence-electron chi connectivity index (χ0n) is 9.10. The second kappa shape index (κ2) is 4.84. The number of alkyl halides is 1. The number of carbonyl (C=O) groups excluding carboxylic acids is 1. The van der Waals surface area contributed by atoms with Crippen LogP contribution in [0.5, 0.6) is 0 Å². The van der Waals surface area contributed by atoms with Crippen LogP contribution in [-0.4, -0.2) is 52.0 Å². The van der Waals surface area contributed by atoms with Crippen molar-refractivity contribution in [3.05, 3.63) is 18.2 Å². The molecule has 0 bridgehead atoms. The molecule has 1 saturated heterocycles. The minimum atomic E-state index is -0.0666. The molecule has 0 N–H and O–H groups in total. The summed E-state index contributed by atoms with van der Waals surface area (Å²) in [6, 6.07) is 0. The van der Waals surface area contributed by atoms with Gasteiger partial charge in [-0.15, -0.1) is 11.6 Å². The maximum absolute atomic E-state index is 12.0. The van der Waals surface area contributed by atoms with Gasteiger partial charge in [0, 0.05) is 26.3 Å². The van der Waals surface area contributed by atoms with Gasteiger partial charge in [-0.25, -0.2) is 4.98 Å². The number of aryl methyl sites for hydroxylation is 1. The summed E-state index contributed by atoms with van der Waals surface area (Å²) >= 11 is 5.72. The zero-order chi connectivity index (χ0) is 11.5. The Kier molecular flexibility index (Phi) is 3.46. The smallest absolute Gasteiger partial charge is 0.274 e. The van der Waals surface area contributed by atoms with Gasteiger partial charge in [-0.2, -0.15) is 0 Å². The Bertz CT molecular complexity index is 380. The van der Waals surface area contributed by atoms with E-state index in [1.165, 1.54) is 0 Å². The SMILES string of the molecule is Cn1cnc(C(=O)N2CCOC(CCl)C2)c1. The van der Waals surface area contributed by atoms with Crippen molar-refractivity contribution in [3.63, 3.8) is 0 Å². The van der Waals surface area contributed by atoms with Crippen LogP contribution in [0, 0.1) is 0 Å². The molecule has 1 aliphatic heterocycles. The number of hydrogen-bond acceptors (Lipinski definition) is 3. The molecule has 1 amide bonds. The van der Waals surface area contributed by atoms with Gasteiger partial charge >= 0.3 is 0 Å². The molecule has 16 heavy (non-hydrogen) atoms. The molecular weight excluding hydrogens is 230 g/mol. The lowest BCUT2D eigenvalue weighted by molar-refractivity contribution is -0.0110. The van der Waals surface area contributed by atoms with Crippen molar-refractivity contribution in [2.24, 2.45) is 7.05 Å². The first kappa shape index (κ1) is 11.4. The van der Waals surface area contributed by atoms with Crippen LogP contribution < -0.4 is 0 Å². The lowest BCUT2D eigenvalue weighted by Gasteiger charge is -2.31. The van der Waals surface area contributed by atoms with Gasteiger partial charge in [0.15, 0.2) is 0 Å². The molecule has 1 atom stereocenters. The van der Waals surface area contributed by atoms with E-state index in [0.29, 0.717) is 31.3 Å². The quantitative estimate of drug-likeness (QED) is 0.711. The fraction of sp³-hybridized carbons (Fsp3) is 0.600. The highest BCUT2D eigenvalue weighted by atomic mass is 35.5. The summed E-state index contributed by atoms with van der Waals surface area (Å²) in [5.41, 5.74) is 0.470. The van der Waals surface area contributed by atoms with Crippen LogP contribution in [0.15, 0.2) is 12.5 Å². The standard InChI is InChI=1S/C10H14ClN3O2/c1-13-6-9(12-7-13)10(15)14-2-3-16-8(4-11)5-14/h6-8H,2-5H2,1H3. The Morgan fingerprint density at radius 3 is 3.19 bits per heavy atom. The number of imidazole rings is 1. The average Bonchev–Trinajstić information content (AvgIpc) is 2.75. The number of amides is 1. The normalized spacial score (nSPS) is 21.1. The number of rotatable bonds is 2. The van der Waals surface area contributed by atoms with Crippen LogP contribution in [0.2, 0.25) is 0 Å². The molecule has 1 aromatic heterocycles. The Morgan fingerprint density at radius 1 is 1.75 bits per heavy atom. The van der Waals surface area contributed by atoms with Crippen molar-refractivity contribution < 1.29 is 9.53 Å². The molecule has 0 saturated carbocycles. The van der Waals surface area contributed by atoms with E-state index in [4.69, 9.17) is 16.3 Å². The molecule has 0 aromatic carbocycles. The van der Waals surface area contributed by atoms with E-state index in [1.54, 1.807) is 22.0 Å². The molecule has 2 rings (SSSR count). The van der Waals surface area contributed by atoms with Crippen molar-refractivity contribution in [1.82, 2.24) is 14.5 Å². The third-order valence-electron chi connectivity index (χ3n) is 2.52. The first-order chi connectivity index (χ1) is 7.70. The van der Waals surface area contributed by atoms with Crippen LogP contribution in [0.3, 0.4) is 0 Å². The van der Waals surface area contributed by atoms with Crippen LogP contribution in [0.4, 0.5) is 0 Å². The average molecular weight is 244 g/mol. The molecule has 0 spiro atoms. The van der Waals surface area contributed by atoms with E-state index >= 15 is 0 Å².